The molecule has 0 aliphatic heterocycles. The Morgan fingerprint density at radius 3 is 2.75 bits per heavy atom. The minimum Gasteiger partial charge on any atom is -0.329 e. The molecular weight excluding hydrogens is 200 g/mol. The highest BCUT2D eigenvalue weighted by atomic mass is 15.2. The second-order valence-corrected chi connectivity index (χ2v) is 3.46. The number of para-hydroxylation sites is 1. The second-order valence-electron chi connectivity index (χ2n) is 3.46. The van der Waals surface area contributed by atoms with Gasteiger partial charge in [0.05, 0.1) is 0 Å². The molecule has 0 aliphatic carbocycles. The van der Waals surface area contributed by atoms with E-state index >= 15 is 0 Å². The van der Waals surface area contributed by atoms with E-state index in [0.29, 0.717) is 6.54 Å². The van der Waals surface area contributed by atoms with Crippen LogP contribution in [-0.2, 0) is 6.54 Å². The van der Waals surface area contributed by atoms with Gasteiger partial charge in [-0.25, -0.2) is 9.97 Å². The van der Waals surface area contributed by atoms with Crippen LogP contribution in [0, 0.1) is 0 Å². The highest BCUT2D eigenvalue weighted by molar-refractivity contribution is 5.62. The van der Waals surface area contributed by atoms with Gasteiger partial charge >= 0.3 is 0 Å². The van der Waals surface area contributed by atoms with E-state index in [-0.39, 0.29) is 0 Å². The summed E-state index contributed by atoms with van der Waals surface area (Å²) in [6, 6.07) is 9.90. The highest BCUT2D eigenvalue weighted by Crippen LogP contribution is 2.24. The number of nitrogens with two attached hydrogens (primary N) is 1. The number of rotatable bonds is 3. The number of aromatic nitrogens is 2. The van der Waals surface area contributed by atoms with E-state index in [0.717, 1.165) is 17.1 Å². The van der Waals surface area contributed by atoms with E-state index in [2.05, 4.69) is 9.97 Å². The topological polar surface area (TPSA) is 55.0 Å². The Labute approximate surface area is 94.8 Å². The third kappa shape index (κ3) is 2.01. The fraction of sp³-hybridized carbons (Fsp3) is 0.167. The predicted octanol–water partition coefficient (Wildman–Crippen LogP) is 1.70. The van der Waals surface area contributed by atoms with Gasteiger partial charge in [-0.15, -0.1) is 0 Å². The lowest BCUT2D eigenvalue weighted by Crippen LogP contribution is -2.14. The molecule has 2 N–H and O–H groups in total. The van der Waals surface area contributed by atoms with Crippen molar-refractivity contribution in [3.05, 3.63) is 48.4 Å². The molecule has 4 heteroatoms. The molecule has 1 aromatic heterocycles. The van der Waals surface area contributed by atoms with Crippen LogP contribution in [0.25, 0.3) is 0 Å². The van der Waals surface area contributed by atoms with Gasteiger partial charge in [-0.3, -0.25) is 0 Å². The first-order valence-corrected chi connectivity index (χ1v) is 5.10. The molecule has 0 saturated carbocycles. The molecule has 0 bridgehead atoms. The molecular formula is C12H14N4. The number of anilines is 2. The summed E-state index contributed by atoms with van der Waals surface area (Å²) in [6.45, 7) is 0.519. The molecule has 0 saturated heterocycles. The summed E-state index contributed by atoms with van der Waals surface area (Å²) in [7, 11) is 1.97. The van der Waals surface area contributed by atoms with Gasteiger partial charge in [-0.1, -0.05) is 18.2 Å². The van der Waals surface area contributed by atoms with Gasteiger partial charge in [0, 0.05) is 25.5 Å². The maximum Gasteiger partial charge on any atom is 0.136 e. The minimum absolute atomic E-state index is 0.519. The van der Waals surface area contributed by atoms with Gasteiger partial charge in [-0.2, -0.15) is 0 Å². The van der Waals surface area contributed by atoms with Crippen LogP contribution in [0.4, 0.5) is 11.5 Å². The SMILES string of the molecule is CN(c1ccncn1)c1ccccc1CN. The smallest absolute Gasteiger partial charge is 0.136 e. The first-order valence-electron chi connectivity index (χ1n) is 5.10. The molecule has 0 atom stereocenters. The zero-order chi connectivity index (χ0) is 11.4. The van der Waals surface area contributed by atoms with Crippen LogP contribution in [0.15, 0.2) is 42.9 Å². The fourth-order valence-corrected chi connectivity index (χ4v) is 1.62. The fourth-order valence-electron chi connectivity index (χ4n) is 1.62. The molecule has 82 valence electrons. The number of nitrogens with zero attached hydrogens (tertiary/aromatic N) is 3. The average molecular weight is 214 g/mol. The molecule has 0 unspecified atom stereocenters. The lowest BCUT2D eigenvalue weighted by atomic mass is 10.1. The van der Waals surface area contributed by atoms with Crippen molar-refractivity contribution in [1.82, 2.24) is 9.97 Å². The van der Waals surface area contributed by atoms with Crippen molar-refractivity contribution in [2.45, 2.75) is 6.54 Å². The van der Waals surface area contributed by atoms with Crippen molar-refractivity contribution in [1.29, 1.82) is 0 Å². The Balaban J connectivity index is 2.37. The van der Waals surface area contributed by atoms with Gasteiger partial charge in [0.25, 0.3) is 0 Å². The zero-order valence-corrected chi connectivity index (χ0v) is 9.17. The lowest BCUT2D eigenvalue weighted by Gasteiger charge is -2.20. The van der Waals surface area contributed by atoms with Crippen molar-refractivity contribution < 1.29 is 0 Å². The second kappa shape index (κ2) is 4.72. The Hall–Kier alpha value is -1.94. The Morgan fingerprint density at radius 2 is 2.06 bits per heavy atom. The lowest BCUT2D eigenvalue weighted by molar-refractivity contribution is 1.02. The van der Waals surface area contributed by atoms with Gasteiger partial charge < -0.3 is 10.6 Å². The molecule has 0 radical (unpaired) electrons. The molecule has 4 nitrogen and oxygen atoms in total. The molecule has 0 spiro atoms. The van der Waals surface area contributed by atoms with Crippen LogP contribution < -0.4 is 10.6 Å². The summed E-state index contributed by atoms with van der Waals surface area (Å²) in [6.07, 6.45) is 3.26. The van der Waals surface area contributed by atoms with Gasteiger partial charge in [0.1, 0.15) is 12.1 Å². The van der Waals surface area contributed by atoms with E-state index in [1.807, 2.05) is 42.3 Å². The Bertz CT molecular complexity index is 456. The standard InChI is InChI=1S/C12H14N4/c1-16(12-6-7-14-9-15-12)11-5-3-2-4-10(11)8-13/h2-7,9H,8,13H2,1H3. The summed E-state index contributed by atoms with van der Waals surface area (Å²) in [5, 5.41) is 0. The Morgan fingerprint density at radius 1 is 1.25 bits per heavy atom. The minimum atomic E-state index is 0.519. The molecule has 2 aromatic rings. The van der Waals surface area contributed by atoms with Crippen LogP contribution >= 0.6 is 0 Å². The van der Waals surface area contributed by atoms with E-state index in [1.165, 1.54) is 6.33 Å². The normalized spacial score (nSPS) is 10.1. The van der Waals surface area contributed by atoms with E-state index in [4.69, 9.17) is 5.73 Å². The maximum atomic E-state index is 5.71. The molecule has 0 amide bonds. The van der Waals surface area contributed by atoms with Crippen LogP contribution in [-0.4, -0.2) is 17.0 Å². The molecule has 0 fully saturated rings. The van der Waals surface area contributed by atoms with E-state index in [9.17, 15) is 0 Å². The molecule has 1 aromatic carbocycles. The summed E-state index contributed by atoms with van der Waals surface area (Å²) >= 11 is 0. The van der Waals surface area contributed by atoms with Crippen LogP contribution in [0.2, 0.25) is 0 Å². The molecule has 1 heterocycles. The predicted molar refractivity (Wildman–Crippen MR) is 64.4 cm³/mol. The maximum absolute atomic E-state index is 5.71. The van der Waals surface area contributed by atoms with Crippen molar-refractivity contribution in [2.75, 3.05) is 11.9 Å². The van der Waals surface area contributed by atoms with Crippen LogP contribution in [0.5, 0.6) is 0 Å². The number of hydrogen-bond donors (Lipinski definition) is 1. The largest absolute Gasteiger partial charge is 0.329 e. The molecule has 2 rings (SSSR count). The summed E-state index contributed by atoms with van der Waals surface area (Å²) in [5.41, 5.74) is 7.88. The van der Waals surface area contributed by atoms with Crippen molar-refractivity contribution in [3.63, 3.8) is 0 Å². The van der Waals surface area contributed by atoms with Gasteiger partial charge in [0.15, 0.2) is 0 Å². The van der Waals surface area contributed by atoms with Crippen LogP contribution in [0.1, 0.15) is 5.56 Å². The summed E-state index contributed by atoms with van der Waals surface area (Å²) < 4.78 is 0. The average Bonchev–Trinajstić information content (AvgIpc) is 2.39. The highest BCUT2D eigenvalue weighted by Gasteiger charge is 2.07. The van der Waals surface area contributed by atoms with Crippen molar-refractivity contribution >= 4 is 11.5 Å². The number of hydrogen-bond acceptors (Lipinski definition) is 4. The van der Waals surface area contributed by atoms with E-state index in [1.54, 1.807) is 6.20 Å². The summed E-state index contributed by atoms with van der Waals surface area (Å²) in [5.74, 6) is 0.857. The Kier molecular flexibility index (Phi) is 3.12. The van der Waals surface area contributed by atoms with Crippen molar-refractivity contribution in [2.24, 2.45) is 5.73 Å². The third-order valence-electron chi connectivity index (χ3n) is 2.48. The van der Waals surface area contributed by atoms with E-state index < -0.39 is 0 Å². The van der Waals surface area contributed by atoms with Crippen molar-refractivity contribution in [3.8, 4) is 0 Å². The first kappa shape index (κ1) is 10.6. The quantitative estimate of drug-likeness (QED) is 0.845. The molecule has 0 aliphatic rings. The first-order chi connectivity index (χ1) is 7.83. The zero-order valence-electron chi connectivity index (χ0n) is 9.17. The van der Waals surface area contributed by atoms with Gasteiger partial charge in [-0.05, 0) is 17.7 Å². The van der Waals surface area contributed by atoms with Crippen LogP contribution in [0.3, 0.4) is 0 Å². The summed E-state index contributed by atoms with van der Waals surface area (Å²) in [4.78, 5) is 10.1. The molecule has 16 heavy (non-hydrogen) atoms. The number of benzene rings is 1. The third-order valence-corrected chi connectivity index (χ3v) is 2.48. The van der Waals surface area contributed by atoms with Gasteiger partial charge in [0.2, 0.25) is 0 Å². The monoisotopic (exact) mass is 214 g/mol.